The Morgan fingerprint density at radius 1 is 1.25 bits per heavy atom. The second-order valence-electron chi connectivity index (χ2n) is 2.99. The van der Waals surface area contributed by atoms with Crippen molar-refractivity contribution in [2.24, 2.45) is 0 Å². The molecule has 74 valence electrons. The summed E-state index contributed by atoms with van der Waals surface area (Å²) in [5.74, 6) is 0.667. The maximum atomic E-state index is 6.00. The van der Waals surface area contributed by atoms with Gasteiger partial charge >= 0.3 is 0 Å². The van der Waals surface area contributed by atoms with Crippen LogP contribution in [-0.2, 0) is 0 Å². The van der Waals surface area contributed by atoms with Crippen molar-refractivity contribution in [2.45, 2.75) is 42.3 Å². The summed E-state index contributed by atoms with van der Waals surface area (Å²) in [5, 5.41) is 0.0241. The normalized spacial score (nSPS) is 14.8. The molecule has 12 heavy (non-hydrogen) atoms. The lowest BCUT2D eigenvalue weighted by Gasteiger charge is -2.20. The van der Waals surface area contributed by atoms with E-state index in [0.717, 1.165) is 19.3 Å². The molecule has 0 aliphatic rings. The van der Waals surface area contributed by atoms with Gasteiger partial charge in [-0.15, -0.1) is 46.4 Å². The molecule has 0 aromatic carbocycles. The molecule has 0 rings (SSSR count). The highest BCUT2D eigenvalue weighted by Gasteiger charge is 2.24. The van der Waals surface area contributed by atoms with Crippen LogP contribution < -0.4 is 0 Å². The SMILES string of the molecule is CC(Cl)CC(Cl)(Cl)CCCCCl. The summed E-state index contributed by atoms with van der Waals surface area (Å²) in [6.45, 7) is 1.89. The summed E-state index contributed by atoms with van der Waals surface area (Å²) in [4.78, 5) is 0. The third-order valence-corrected chi connectivity index (χ3v) is 2.61. The molecule has 4 heteroatoms. The fraction of sp³-hybridized carbons (Fsp3) is 1.00. The first-order chi connectivity index (χ1) is 5.48. The number of halogens is 4. The first-order valence-corrected chi connectivity index (χ1v) is 5.78. The van der Waals surface area contributed by atoms with E-state index in [1.807, 2.05) is 6.92 Å². The Morgan fingerprint density at radius 2 is 1.83 bits per heavy atom. The molecule has 0 saturated carbocycles. The zero-order chi connectivity index (χ0) is 9.61. The molecule has 0 spiro atoms. The molecule has 0 N–H and O–H groups in total. The number of alkyl halides is 4. The molecule has 1 atom stereocenters. The Balaban J connectivity index is 3.56. The Hall–Kier alpha value is 1.16. The predicted octanol–water partition coefficient (Wildman–Crippen LogP) is 4.59. The standard InChI is InChI=1S/C8H14Cl4/c1-7(10)6-8(11,12)4-2-3-5-9/h7H,2-6H2,1H3. The first-order valence-electron chi connectivity index (χ1n) is 4.06. The molecule has 0 saturated heterocycles. The van der Waals surface area contributed by atoms with E-state index in [1.165, 1.54) is 0 Å². The minimum atomic E-state index is -0.673. The summed E-state index contributed by atoms with van der Waals surface area (Å²) in [5.41, 5.74) is 0. The number of unbranched alkanes of at least 4 members (excludes halogenated alkanes) is 1. The molecule has 0 aliphatic carbocycles. The Bertz CT molecular complexity index is 112. The van der Waals surface area contributed by atoms with Gasteiger partial charge < -0.3 is 0 Å². The zero-order valence-electron chi connectivity index (χ0n) is 7.12. The fourth-order valence-corrected chi connectivity index (χ4v) is 2.33. The summed E-state index contributed by atoms with van der Waals surface area (Å²) in [6.07, 6.45) is 3.30. The maximum Gasteiger partial charge on any atom is 0.119 e. The molecule has 0 fully saturated rings. The quantitative estimate of drug-likeness (QED) is 0.479. The van der Waals surface area contributed by atoms with Crippen molar-refractivity contribution in [3.8, 4) is 0 Å². The topological polar surface area (TPSA) is 0 Å². The molecule has 0 radical (unpaired) electrons. The van der Waals surface area contributed by atoms with Crippen LogP contribution in [0, 0.1) is 0 Å². The largest absolute Gasteiger partial charge is 0.127 e. The third-order valence-electron chi connectivity index (χ3n) is 1.51. The lowest BCUT2D eigenvalue weighted by molar-refractivity contribution is 0.594. The van der Waals surface area contributed by atoms with Crippen LogP contribution in [0.2, 0.25) is 0 Å². The highest BCUT2D eigenvalue weighted by molar-refractivity contribution is 6.48. The molecule has 0 aromatic rings. The van der Waals surface area contributed by atoms with Gasteiger partial charge in [-0.3, -0.25) is 0 Å². The zero-order valence-corrected chi connectivity index (χ0v) is 10.1. The Labute approximate surface area is 94.5 Å². The van der Waals surface area contributed by atoms with E-state index in [-0.39, 0.29) is 5.38 Å². The highest BCUT2D eigenvalue weighted by Crippen LogP contribution is 2.33. The Morgan fingerprint density at radius 3 is 2.25 bits per heavy atom. The van der Waals surface area contributed by atoms with Crippen LogP contribution in [0.15, 0.2) is 0 Å². The van der Waals surface area contributed by atoms with Crippen LogP contribution >= 0.6 is 46.4 Å². The lowest BCUT2D eigenvalue weighted by atomic mass is 10.1. The number of rotatable bonds is 6. The van der Waals surface area contributed by atoms with Crippen molar-refractivity contribution in [3.63, 3.8) is 0 Å². The summed E-state index contributed by atoms with van der Waals surface area (Å²) in [7, 11) is 0. The summed E-state index contributed by atoms with van der Waals surface area (Å²) >= 11 is 23.3. The van der Waals surface area contributed by atoms with E-state index in [4.69, 9.17) is 46.4 Å². The van der Waals surface area contributed by atoms with Crippen molar-refractivity contribution in [1.29, 1.82) is 0 Å². The van der Waals surface area contributed by atoms with Gasteiger partial charge in [0.25, 0.3) is 0 Å². The van der Waals surface area contributed by atoms with Crippen molar-refractivity contribution >= 4 is 46.4 Å². The van der Waals surface area contributed by atoms with Gasteiger partial charge in [0, 0.05) is 11.3 Å². The van der Waals surface area contributed by atoms with Crippen LogP contribution in [0.4, 0.5) is 0 Å². The van der Waals surface area contributed by atoms with E-state index in [2.05, 4.69) is 0 Å². The monoisotopic (exact) mass is 250 g/mol. The van der Waals surface area contributed by atoms with Crippen LogP contribution in [0.25, 0.3) is 0 Å². The van der Waals surface area contributed by atoms with Crippen molar-refractivity contribution < 1.29 is 0 Å². The molecule has 0 aromatic heterocycles. The van der Waals surface area contributed by atoms with Gasteiger partial charge in [0.2, 0.25) is 0 Å². The molecular formula is C8H14Cl4. The highest BCUT2D eigenvalue weighted by atomic mass is 35.5. The van der Waals surface area contributed by atoms with Crippen molar-refractivity contribution in [2.75, 3.05) is 5.88 Å². The minimum Gasteiger partial charge on any atom is -0.127 e. The van der Waals surface area contributed by atoms with Crippen LogP contribution in [0.5, 0.6) is 0 Å². The van der Waals surface area contributed by atoms with Gasteiger partial charge in [-0.2, -0.15) is 0 Å². The number of hydrogen-bond acceptors (Lipinski definition) is 0. The van der Waals surface area contributed by atoms with Crippen molar-refractivity contribution in [1.82, 2.24) is 0 Å². The summed E-state index contributed by atoms with van der Waals surface area (Å²) < 4.78 is -0.673. The lowest BCUT2D eigenvalue weighted by Crippen LogP contribution is -2.17. The minimum absolute atomic E-state index is 0.0241. The predicted molar refractivity (Wildman–Crippen MR) is 58.9 cm³/mol. The molecular weight excluding hydrogens is 238 g/mol. The first kappa shape index (κ1) is 13.2. The van der Waals surface area contributed by atoms with Crippen LogP contribution in [0.1, 0.15) is 32.6 Å². The second kappa shape index (κ2) is 6.59. The summed E-state index contributed by atoms with van der Waals surface area (Å²) in [6, 6.07) is 0. The molecule has 0 aliphatic heterocycles. The molecule has 0 heterocycles. The van der Waals surface area contributed by atoms with Gasteiger partial charge in [-0.1, -0.05) is 0 Å². The fourth-order valence-electron chi connectivity index (χ4n) is 0.992. The van der Waals surface area contributed by atoms with E-state index in [1.54, 1.807) is 0 Å². The second-order valence-corrected chi connectivity index (χ2v) is 5.75. The van der Waals surface area contributed by atoms with Crippen molar-refractivity contribution in [3.05, 3.63) is 0 Å². The van der Waals surface area contributed by atoms with E-state index in [0.29, 0.717) is 12.3 Å². The Kier molecular flexibility index (Phi) is 7.23. The van der Waals surface area contributed by atoms with E-state index in [9.17, 15) is 0 Å². The van der Waals surface area contributed by atoms with Gasteiger partial charge in [0.1, 0.15) is 4.33 Å². The van der Waals surface area contributed by atoms with Crippen LogP contribution in [-0.4, -0.2) is 15.6 Å². The molecule has 0 amide bonds. The average molecular weight is 252 g/mol. The molecule has 0 bridgehead atoms. The van der Waals surface area contributed by atoms with Crippen LogP contribution in [0.3, 0.4) is 0 Å². The van der Waals surface area contributed by atoms with Gasteiger partial charge in [0.05, 0.1) is 0 Å². The molecule has 1 unspecified atom stereocenters. The van der Waals surface area contributed by atoms with Gasteiger partial charge in [-0.25, -0.2) is 0 Å². The number of hydrogen-bond donors (Lipinski definition) is 0. The third kappa shape index (κ3) is 7.79. The maximum absolute atomic E-state index is 6.00. The molecule has 0 nitrogen and oxygen atoms in total. The van der Waals surface area contributed by atoms with E-state index < -0.39 is 4.33 Å². The van der Waals surface area contributed by atoms with Gasteiger partial charge in [-0.05, 0) is 32.6 Å². The van der Waals surface area contributed by atoms with E-state index >= 15 is 0 Å². The van der Waals surface area contributed by atoms with Gasteiger partial charge in [0.15, 0.2) is 0 Å². The smallest absolute Gasteiger partial charge is 0.119 e. The average Bonchev–Trinajstić information content (AvgIpc) is 1.84.